The zero-order valence-corrected chi connectivity index (χ0v) is 13.5. The van der Waals surface area contributed by atoms with E-state index >= 15 is 0 Å². The van der Waals surface area contributed by atoms with Crippen molar-refractivity contribution in [2.45, 2.75) is 38.8 Å². The Bertz CT molecular complexity index is 429. The van der Waals surface area contributed by atoms with E-state index < -0.39 is 0 Å². The van der Waals surface area contributed by atoms with Gasteiger partial charge in [0.05, 0.1) is 14.2 Å². The normalized spacial score (nSPS) is 16.9. The molecule has 1 N–H and O–H groups in total. The number of benzene rings is 1. The van der Waals surface area contributed by atoms with Crippen molar-refractivity contribution in [1.82, 2.24) is 10.2 Å². The average molecular weight is 292 g/mol. The maximum Gasteiger partial charge on any atom is 0.165 e. The van der Waals surface area contributed by atoms with E-state index in [0.29, 0.717) is 6.04 Å². The largest absolute Gasteiger partial charge is 0.493 e. The summed E-state index contributed by atoms with van der Waals surface area (Å²) >= 11 is 0. The molecule has 1 aromatic rings. The molecular weight excluding hydrogens is 264 g/mol. The average Bonchev–Trinajstić information content (AvgIpc) is 2.54. The van der Waals surface area contributed by atoms with Gasteiger partial charge in [0.1, 0.15) is 0 Å². The number of para-hydroxylation sites is 1. The minimum absolute atomic E-state index is 0.606. The number of nitrogens with one attached hydrogen (secondary N) is 1. The Kier molecular flexibility index (Phi) is 6.33. The maximum absolute atomic E-state index is 5.48. The van der Waals surface area contributed by atoms with Crippen LogP contribution in [0.15, 0.2) is 18.2 Å². The predicted octanol–water partition coefficient (Wildman–Crippen LogP) is 2.67. The summed E-state index contributed by atoms with van der Waals surface area (Å²) in [5.41, 5.74) is 1.16. The number of hydrogen-bond donors (Lipinski definition) is 1. The molecule has 21 heavy (non-hydrogen) atoms. The monoisotopic (exact) mass is 292 g/mol. The number of ether oxygens (including phenoxy) is 2. The summed E-state index contributed by atoms with van der Waals surface area (Å²) in [6, 6.07) is 6.66. The quantitative estimate of drug-likeness (QED) is 0.838. The van der Waals surface area contributed by atoms with Gasteiger partial charge in [-0.3, -0.25) is 0 Å². The van der Waals surface area contributed by atoms with Crippen LogP contribution in [0.2, 0.25) is 0 Å². The lowest BCUT2D eigenvalue weighted by Gasteiger charge is -2.32. The third-order valence-corrected chi connectivity index (χ3v) is 4.19. The fraction of sp³-hybridized carbons (Fsp3) is 0.647. The maximum atomic E-state index is 5.48. The third-order valence-electron chi connectivity index (χ3n) is 4.19. The molecule has 0 unspecified atom stereocenters. The number of hydrogen-bond acceptors (Lipinski definition) is 4. The Balaban J connectivity index is 1.86. The van der Waals surface area contributed by atoms with E-state index in [9.17, 15) is 0 Å². The summed E-state index contributed by atoms with van der Waals surface area (Å²) in [7, 11) is 3.38. The molecule has 1 fully saturated rings. The second-order valence-electron chi connectivity index (χ2n) is 5.65. The number of nitrogens with zero attached hydrogens (tertiary/aromatic N) is 1. The molecule has 0 bridgehead atoms. The molecule has 1 aliphatic heterocycles. The van der Waals surface area contributed by atoms with Gasteiger partial charge in [0, 0.05) is 18.2 Å². The molecule has 2 rings (SSSR count). The van der Waals surface area contributed by atoms with Crippen molar-refractivity contribution in [3.05, 3.63) is 23.8 Å². The molecule has 0 radical (unpaired) electrons. The Morgan fingerprint density at radius 3 is 2.57 bits per heavy atom. The van der Waals surface area contributed by atoms with E-state index in [1.807, 2.05) is 12.1 Å². The fourth-order valence-electron chi connectivity index (χ4n) is 3.02. The highest BCUT2D eigenvalue weighted by Crippen LogP contribution is 2.30. The predicted molar refractivity (Wildman–Crippen MR) is 86.1 cm³/mol. The molecule has 0 spiro atoms. The van der Waals surface area contributed by atoms with Crippen molar-refractivity contribution < 1.29 is 9.47 Å². The first-order valence-corrected chi connectivity index (χ1v) is 7.94. The smallest absolute Gasteiger partial charge is 0.165 e. The Morgan fingerprint density at radius 2 is 1.95 bits per heavy atom. The zero-order valence-electron chi connectivity index (χ0n) is 13.5. The van der Waals surface area contributed by atoms with Gasteiger partial charge in [0.25, 0.3) is 0 Å². The molecule has 4 heteroatoms. The van der Waals surface area contributed by atoms with Gasteiger partial charge in [-0.15, -0.1) is 0 Å². The highest BCUT2D eigenvalue weighted by atomic mass is 16.5. The second-order valence-corrected chi connectivity index (χ2v) is 5.65. The summed E-state index contributed by atoms with van der Waals surface area (Å²) in [6.45, 7) is 6.73. The first-order valence-electron chi connectivity index (χ1n) is 7.94. The van der Waals surface area contributed by atoms with Gasteiger partial charge in [0.15, 0.2) is 11.5 Å². The van der Waals surface area contributed by atoms with Gasteiger partial charge >= 0.3 is 0 Å². The number of methoxy groups -OCH3 is 2. The van der Waals surface area contributed by atoms with Crippen molar-refractivity contribution in [2.75, 3.05) is 33.9 Å². The molecular formula is C17H28N2O2. The van der Waals surface area contributed by atoms with Gasteiger partial charge in [-0.25, -0.2) is 0 Å². The van der Waals surface area contributed by atoms with Crippen molar-refractivity contribution in [2.24, 2.45) is 0 Å². The molecule has 118 valence electrons. The molecule has 0 aromatic heterocycles. The summed E-state index contributed by atoms with van der Waals surface area (Å²) in [5.74, 6) is 1.64. The summed E-state index contributed by atoms with van der Waals surface area (Å²) in [5, 5.41) is 3.66. The van der Waals surface area contributed by atoms with E-state index in [0.717, 1.165) is 23.6 Å². The number of likely N-dealkylation sites (tertiary alicyclic amines) is 1. The van der Waals surface area contributed by atoms with Crippen molar-refractivity contribution in [3.63, 3.8) is 0 Å². The van der Waals surface area contributed by atoms with E-state index in [2.05, 4.69) is 23.2 Å². The van der Waals surface area contributed by atoms with Crippen molar-refractivity contribution >= 4 is 0 Å². The molecule has 0 amide bonds. The van der Waals surface area contributed by atoms with E-state index in [4.69, 9.17) is 9.47 Å². The lowest BCUT2D eigenvalue weighted by Crippen LogP contribution is -2.42. The van der Waals surface area contributed by atoms with Gasteiger partial charge in [-0.2, -0.15) is 0 Å². The van der Waals surface area contributed by atoms with Crippen LogP contribution in [0, 0.1) is 0 Å². The molecule has 1 saturated heterocycles. The van der Waals surface area contributed by atoms with Gasteiger partial charge in [0.2, 0.25) is 0 Å². The summed E-state index contributed by atoms with van der Waals surface area (Å²) in [6.07, 6.45) is 3.71. The van der Waals surface area contributed by atoms with Gasteiger partial charge in [-0.1, -0.05) is 19.1 Å². The third kappa shape index (κ3) is 4.35. The van der Waals surface area contributed by atoms with E-state index in [1.165, 1.54) is 38.9 Å². The highest BCUT2D eigenvalue weighted by molar-refractivity contribution is 5.46. The van der Waals surface area contributed by atoms with Crippen LogP contribution in [0.5, 0.6) is 11.5 Å². The SMILES string of the molecule is CCCN1CCC(NCc2cccc(OC)c2OC)CC1. The van der Waals surface area contributed by atoms with Crippen LogP contribution in [-0.4, -0.2) is 44.8 Å². The zero-order chi connectivity index (χ0) is 15.1. The van der Waals surface area contributed by atoms with Crippen LogP contribution in [0.3, 0.4) is 0 Å². The topological polar surface area (TPSA) is 33.7 Å². The van der Waals surface area contributed by atoms with Crippen LogP contribution in [0.25, 0.3) is 0 Å². The molecule has 0 atom stereocenters. The molecule has 0 saturated carbocycles. The van der Waals surface area contributed by atoms with Crippen LogP contribution in [0.4, 0.5) is 0 Å². The van der Waals surface area contributed by atoms with Gasteiger partial charge in [-0.05, 0) is 45.0 Å². The standard InChI is InChI=1S/C17H28N2O2/c1-4-10-19-11-8-15(9-12-19)18-13-14-6-5-7-16(20-2)17(14)21-3/h5-7,15,18H,4,8-13H2,1-3H3. The summed E-state index contributed by atoms with van der Waals surface area (Å²) in [4.78, 5) is 2.56. The van der Waals surface area contributed by atoms with E-state index in [1.54, 1.807) is 14.2 Å². The highest BCUT2D eigenvalue weighted by Gasteiger charge is 2.18. The van der Waals surface area contributed by atoms with Crippen LogP contribution < -0.4 is 14.8 Å². The van der Waals surface area contributed by atoms with Crippen LogP contribution >= 0.6 is 0 Å². The lowest BCUT2D eigenvalue weighted by molar-refractivity contribution is 0.197. The molecule has 1 heterocycles. The molecule has 4 nitrogen and oxygen atoms in total. The molecule has 1 aliphatic rings. The molecule has 1 aromatic carbocycles. The Hall–Kier alpha value is -1.26. The Labute approximate surface area is 128 Å². The second kappa shape index (κ2) is 8.25. The number of rotatable bonds is 7. The van der Waals surface area contributed by atoms with Gasteiger partial charge < -0.3 is 19.7 Å². The summed E-state index contributed by atoms with van der Waals surface area (Å²) < 4.78 is 10.8. The van der Waals surface area contributed by atoms with Crippen LogP contribution in [-0.2, 0) is 6.54 Å². The first kappa shape index (κ1) is 16.1. The first-order chi connectivity index (χ1) is 10.3. The minimum Gasteiger partial charge on any atom is -0.493 e. The molecule has 0 aliphatic carbocycles. The van der Waals surface area contributed by atoms with Crippen molar-refractivity contribution in [3.8, 4) is 11.5 Å². The lowest BCUT2D eigenvalue weighted by atomic mass is 10.0. The minimum atomic E-state index is 0.606. The Morgan fingerprint density at radius 1 is 1.19 bits per heavy atom. The number of piperidine rings is 1. The van der Waals surface area contributed by atoms with Crippen molar-refractivity contribution in [1.29, 1.82) is 0 Å². The fourth-order valence-corrected chi connectivity index (χ4v) is 3.02. The van der Waals surface area contributed by atoms with Crippen LogP contribution in [0.1, 0.15) is 31.7 Å². The van der Waals surface area contributed by atoms with E-state index in [-0.39, 0.29) is 0 Å².